The molecule has 0 heterocycles. The second-order valence-electron chi connectivity index (χ2n) is 3.18. The zero-order valence-corrected chi connectivity index (χ0v) is 6.55. The molecular weight excluding hydrogens is 116 g/mol. The lowest BCUT2D eigenvalue weighted by molar-refractivity contribution is -0.0310. The second kappa shape index (κ2) is 2.67. The molecule has 0 spiro atoms. The van der Waals surface area contributed by atoms with Gasteiger partial charge in [0.25, 0.3) is 0 Å². The van der Waals surface area contributed by atoms with E-state index in [1.54, 1.807) is 20.8 Å². The number of rotatable bonds is 2. The molecule has 0 amide bonds. The molecular formula is C7H16O2. The predicted molar refractivity (Wildman–Crippen MR) is 37.1 cm³/mol. The Balaban J connectivity index is 3.88. The average molecular weight is 132 g/mol. The molecule has 0 bridgehead atoms. The summed E-state index contributed by atoms with van der Waals surface area (Å²) in [4.78, 5) is 0. The Morgan fingerprint density at radius 1 is 1.22 bits per heavy atom. The first-order chi connectivity index (χ1) is 3.85. The van der Waals surface area contributed by atoms with Gasteiger partial charge in [0, 0.05) is 5.92 Å². The van der Waals surface area contributed by atoms with E-state index in [2.05, 4.69) is 0 Å². The molecule has 56 valence electrons. The van der Waals surface area contributed by atoms with E-state index < -0.39 is 11.7 Å². The van der Waals surface area contributed by atoms with Gasteiger partial charge in [-0.2, -0.15) is 0 Å². The molecule has 2 unspecified atom stereocenters. The smallest absolute Gasteiger partial charge is 0.0641 e. The minimum absolute atomic E-state index is 0.0718. The van der Waals surface area contributed by atoms with Crippen LogP contribution in [-0.2, 0) is 0 Å². The van der Waals surface area contributed by atoms with E-state index in [1.165, 1.54) is 0 Å². The van der Waals surface area contributed by atoms with E-state index in [9.17, 15) is 5.11 Å². The summed E-state index contributed by atoms with van der Waals surface area (Å²) in [6.07, 6.45) is -0.440. The first-order valence-electron chi connectivity index (χ1n) is 3.26. The average Bonchev–Trinajstić information content (AvgIpc) is 1.62. The maximum Gasteiger partial charge on any atom is 0.0641 e. The van der Waals surface area contributed by atoms with Gasteiger partial charge in [-0.25, -0.2) is 0 Å². The molecule has 2 N–H and O–H groups in total. The van der Waals surface area contributed by atoms with Gasteiger partial charge in [0.1, 0.15) is 0 Å². The summed E-state index contributed by atoms with van der Waals surface area (Å²) in [6, 6.07) is 0. The molecule has 0 aromatic rings. The highest BCUT2D eigenvalue weighted by Crippen LogP contribution is 2.18. The molecule has 2 nitrogen and oxygen atoms in total. The van der Waals surface area contributed by atoms with Gasteiger partial charge in [-0.05, 0) is 20.8 Å². The van der Waals surface area contributed by atoms with Gasteiger partial charge >= 0.3 is 0 Å². The van der Waals surface area contributed by atoms with Crippen molar-refractivity contribution in [2.24, 2.45) is 5.92 Å². The largest absolute Gasteiger partial charge is 0.393 e. The van der Waals surface area contributed by atoms with Crippen LogP contribution in [0, 0.1) is 5.92 Å². The van der Waals surface area contributed by atoms with Crippen LogP contribution in [0.1, 0.15) is 27.7 Å². The molecule has 0 rings (SSSR count). The molecule has 0 aromatic carbocycles. The van der Waals surface area contributed by atoms with E-state index in [-0.39, 0.29) is 5.92 Å². The van der Waals surface area contributed by atoms with Crippen molar-refractivity contribution >= 4 is 0 Å². The van der Waals surface area contributed by atoms with Crippen molar-refractivity contribution in [1.82, 2.24) is 0 Å². The van der Waals surface area contributed by atoms with Crippen molar-refractivity contribution in [3.8, 4) is 0 Å². The molecule has 0 saturated carbocycles. The van der Waals surface area contributed by atoms with E-state index in [4.69, 9.17) is 5.11 Å². The van der Waals surface area contributed by atoms with Crippen molar-refractivity contribution in [2.45, 2.75) is 39.4 Å². The molecule has 2 heteroatoms. The number of aliphatic hydroxyl groups excluding tert-OH is 1. The summed E-state index contributed by atoms with van der Waals surface area (Å²) < 4.78 is 0. The molecule has 0 radical (unpaired) electrons. The van der Waals surface area contributed by atoms with Crippen LogP contribution in [0.25, 0.3) is 0 Å². The fraction of sp³-hybridized carbons (Fsp3) is 1.00. The fourth-order valence-electron chi connectivity index (χ4n) is 0.590. The normalized spacial score (nSPS) is 19.3. The van der Waals surface area contributed by atoms with Gasteiger partial charge in [-0.3, -0.25) is 0 Å². The third-order valence-corrected chi connectivity index (χ3v) is 1.84. The minimum Gasteiger partial charge on any atom is -0.393 e. The first-order valence-corrected chi connectivity index (χ1v) is 3.26. The number of hydrogen-bond donors (Lipinski definition) is 2. The highest BCUT2D eigenvalue weighted by atomic mass is 16.3. The topological polar surface area (TPSA) is 40.5 Å². The first kappa shape index (κ1) is 8.92. The number of hydrogen-bond acceptors (Lipinski definition) is 2. The lowest BCUT2D eigenvalue weighted by atomic mass is 9.89. The molecule has 0 aliphatic rings. The molecule has 2 atom stereocenters. The van der Waals surface area contributed by atoms with Gasteiger partial charge in [0.05, 0.1) is 11.7 Å². The standard InChI is InChI=1S/C7H16O2/c1-5(6(2)8)7(3,4)9/h5-6,8-9H,1-4H3. The Kier molecular flexibility index (Phi) is 2.65. The summed E-state index contributed by atoms with van der Waals surface area (Å²) >= 11 is 0. The highest BCUT2D eigenvalue weighted by molar-refractivity contribution is 4.76. The van der Waals surface area contributed by atoms with Gasteiger partial charge < -0.3 is 10.2 Å². The molecule has 0 aromatic heterocycles. The fourth-order valence-corrected chi connectivity index (χ4v) is 0.590. The quantitative estimate of drug-likeness (QED) is 0.582. The predicted octanol–water partition coefficient (Wildman–Crippen LogP) is 0.774. The van der Waals surface area contributed by atoms with E-state index in [0.717, 1.165) is 0 Å². The summed E-state index contributed by atoms with van der Waals surface area (Å²) in [6.45, 7) is 6.90. The maximum absolute atomic E-state index is 9.30. The van der Waals surface area contributed by atoms with Crippen LogP contribution in [0.4, 0.5) is 0 Å². The maximum atomic E-state index is 9.30. The van der Waals surface area contributed by atoms with Gasteiger partial charge in [0.2, 0.25) is 0 Å². The van der Waals surface area contributed by atoms with E-state index in [0.29, 0.717) is 0 Å². The Bertz CT molecular complexity index is 81.4. The van der Waals surface area contributed by atoms with Crippen molar-refractivity contribution in [2.75, 3.05) is 0 Å². The Labute approximate surface area is 56.5 Å². The van der Waals surface area contributed by atoms with E-state index >= 15 is 0 Å². The van der Waals surface area contributed by atoms with Crippen molar-refractivity contribution in [1.29, 1.82) is 0 Å². The summed E-state index contributed by atoms with van der Waals surface area (Å²) in [5.74, 6) is -0.0718. The highest BCUT2D eigenvalue weighted by Gasteiger charge is 2.25. The molecule has 0 fully saturated rings. The van der Waals surface area contributed by atoms with Crippen LogP contribution in [0.2, 0.25) is 0 Å². The molecule has 0 saturated heterocycles. The Morgan fingerprint density at radius 2 is 1.56 bits per heavy atom. The van der Waals surface area contributed by atoms with Crippen LogP contribution in [-0.4, -0.2) is 21.9 Å². The summed E-state index contributed by atoms with van der Waals surface area (Å²) in [5.41, 5.74) is -0.770. The lowest BCUT2D eigenvalue weighted by Gasteiger charge is -2.27. The van der Waals surface area contributed by atoms with Gasteiger partial charge in [-0.15, -0.1) is 0 Å². The Hall–Kier alpha value is -0.0800. The summed E-state index contributed by atoms with van der Waals surface area (Å²) in [7, 11) is 0. The third kappa shape index (κ3) is 2.82. The Morgan fingerprint density at radius 3 is 1.56 bits per heavy atom. The van der Waals surface area contributed by atoms with E-state index in [1.807, 2.05) is 6.92 Å². The van der Waals surface area contributed by atoms with Crippen LogP contribution < -0.4 is 0 Å². The zero-order chi connectivity index (χ0) is 7.65. The molecule has 9 heavy (non-hydrogen) atoms. The van der Waals surface area contributed by atoms with Crippen molar-refractivity contribution < 1.29 is 10.2 Å². The van der Waals surface area contributed by atoms with Crippen LogP contribution in [0.3, 0.4) is 0 Å². The minimum atomic E-state index is -0.770. The van der Waals surface area contributed by atoms with Crippen molar-refractivity contribution in [3.05, 3.63) is 0 Å². The monoisotopic (exact) mass is 132 g/mol. The van der Waals surface area contributed by atoms with Gasteiger partial charge in [-0.1, -0.05) is 6.92 Å². The van der Waals surface area contributed by atoms with Crippen LogP contribution in [0.5, 0.6) is 0 Å². The number of aliphatic hydroxyl groups is 2. The molecule has 0 aliphatic heterocycles. The lowest BCUT2D eigenvalue weighted by Crippen LogP contribution is -2.35. The summed E-state index contributed by atoms with van der Waals surface area (Å²) in [5, 5.41) is 18.3. The van der Waals surface area contributed by atoms with Gasteiger partial charge in [0.15, 0.2) is 0 Å². The third-order valence-electron chi connectivity index (χ3n) is 1.84. The van der Waals surface area contributed by atoms with Crippen LogP contribution in [0.15, 0.2) is 0 Å². The zero-order valence-electron chi connectivity index (χ0n) is 6.55. The van der Waals surface area contributed by atoms with Crippen molar-refractivity contribution in [3.63, 3.8) is 0 Å². The molecule has 0 aliphatic carbocycles. The SMILES string of the molecule is CC(O)C(C)C(C)(C)O. The second-order valence-corrected chi connectivity index (χ2v) is 3.18. The van der Waals surface area contributed by atoms with Crippen LogP contribution >= 0.6 is 0 Å².